The number of para-hydroxylation sites is 1. The van der Waals surface area contributed by atoms with Gasteiger partial charge in [0, 0.05) is 10.7 Å². The van der Waals surface area contributed by atoms with Crippen LogP contribution < -0.4 is 10.6 Å². The van der Waals surface area contributed by atoms with E-state index in [0.717, 1.165) is 11.6 Å². The van der Waals surface area contributed by atoms with Crippen molar-refractivity contribution in [3.05, 3.63) is 58.6 Å². The lowest BCUT2D eigenvalue weighted by atomic mass is 10.1. The van der Waals surface area contributed by atoms with Crippen molar-refractivity contribution in [3.8, 4) is 0 Å². The van der Waals surface area contributed by atoms with Crippen molar-refractivity contribution in [2.24, 2.45) is 0 Å². The Morgan fingerprint density at radius 3 is 2.41 bits per heavy atom. The number of hydrogen-bond acceptors (Lipinski definition) is 1. The van der Waals surface area contributed by atoms with E-state index in [4.69, 9.17) is 11.6 Å². The van der Waals surface area contributed by atoms with E-state index in [1.807, 2.05) is 0 Å². The summed E-state index contributed by atoms with van der Waals surface area (Å²) in [5, 5.41) is 5.19. The van der Waals surface area contributed by atoms with E-state index in [-0.39, 0.29) is 5.69 Å². The number of nitrogens with one attached hydrogen (secondary N) is 2. The summed E-state index contributed by atoms with van der Waals surface area (Å²) in [4.78, 5) is 11.8. The fraction of sp³-hybridized carbons (Fsp3) is 0.133. The molecule has 7 heteroatoms. The Labute approximate surface area is 130 Å². The second-order valence-corrected chi connectivity index (χ2v) is 4.99. The number of anilines is 2. The quantitative estimate of drug-likeness (QED) is 0.770. The first-order chi connectivity index (χ1) is 10.3. The molecule has 0 bridgehead atoms. The molecule has 0 fully saturated rings. The molecule has 0 heterocycles. The van der Waals surface area contributed by atoms with Crippen molar-refractivity contribution in [3.63, 3.8) is 0 Å². The third kappa shape index (κ3) is 3.92. The Kier molecular flexibility index (Phi) is 4.61. The summed E-state index contributed by atoms with van der Waals surface area (Å²) in [5.74, 6) is 0. The lowest BCUT2D eigenvalue weighted by Gasteiger charge is -2.14. The van der Waals surface area contributed by atoms with Crippen LogP contribution in [0.25, 0.3) is 0 Å². The lowest BCUT2D eigenvalue weighted by molar-refractivity contribution is -0.136. The molecular formula is C15H12ClF3N2O. The minimum Gasteiger partial charge on any atom is -0.308 e. The molecule has 0 aliphatic carbocycles. The number of benzene rings is 2. The smallest absolute Gasteiger partial charge is 0.308 e. The largest absolute Gasteiger partial charge is 0.418 e. The molecule has 22 heavy (non-hydrogen) atoms. The second kappa shape index (κ2) is 6.27. The summed E-state index contributed by atoms with van der Waals surface area (Å²) < 4.78 is 38.5. The normalized spacial score (nSPS) is 11.1. The van der Waals surface area contributed by atoms with Gasteiger partial charge in [0.2, 0.25) is 0 Å². The van der Waals surface area contributed by atoms with E-state index in [2.05, 4.69) is 10.6 Å². The zero-order valence-electron chi connectivity index (χ0n) is 11.5. The number of carbonyl (C=O) groups excluding carboxylic acids is 1. The van der Waals surface area contributed by atoms with E-state index >= 15 is 0 Å². The van der Waals surface area contributed by atoms with Gasteiger partial charge in [-0.05, 0) is 42.8 Å². The van der Waals surface area contributed by atoms with Crippen LogP contribution in [0, 0.1) is 6.92 Å². The van der Waals surface area contributed by atoms with Crippen molar-refractivity contribution in [1.29, 1.82) is 0 Å². The third-order valence-electron chi connectivity index (χ3n) is 2.90. The van der Waals surface area contributed by atoms with Crippen molar-refractivity contribution < 1.29 is 18.0 Å². The molecule has 0 spiro atoms. The van der Waals surface area contributed by atoms with Crippen LogP contribution >= 0.6 is 11.6 Å². The summed E-state index contributed by atoms with van der Waals surface area (Å²) >= 11 is 5.86. The molecular weight excluding hydrogens is 317 g/mol. The van der Waals surface area contributed by atoms with Gasteiger partial charge in [-0.1, -0.05) is 23.7 Å². The standard InChI is InChI=1S/C15H12ClF3N2O/c1-9-8-10(6-7-12(9)16)20-14(22)21-13-5-3-2-4-11(13)15(17,18)19/h2-8H,1H3,(H2,20,21,22). The average Bonchev–Trinajstić information content (AvgIpc) is 2.42. The SMILES string of the molecule is Cc1cc(NC(=O)Nc2ccccc2C(F)(F)F)ccc1Cl. The highest BCUT2D eigenvalue weighted by atomic mass is 35.5. The number of alkyl halides is 3. The van der Waals surface area contributed by atoms with E-state index in [9.17, 15) is 18.0 Å². The lowest BCUT2D eigenvalue weighted by Crippen LogP contribution is -2.21. The Balaban J connectivity index is 2.14. The fourth-order valence-corrected chi connectivity index (χ4v) is 1.96. The third-order valence-corrected chi connectivity index (χ3v) is 3.32. The van der Waals surface area contributed by atoms with Crippen molar-refractivity contribution >= 4 is 29.0 Å². The molecule has 0 saturated carbocycles. The maximum atomic E-state index is 12.8. The molecule has 0 radical (unpaired) electrons. The van der Waals surface area contributed by atoms with Gasteiger partial charge in [-0.3, -0.25) is 0 Å². The molecule has 2 N–H and O–H groups in total. The van der Waals surface area contributed by atoms with Gasteiger partial charge >= 0.3 is 12.2 Å². The molecule has 0 saturated heterocycles. The van der Waals surface area contributed by atoms with Gasteiger partial charge in [-0.25, -0.2) is 4.79 Å². The van der Waals surface area contributed by atoms with Crippen LogP contribution in [0.2, 0.25) is 5.02 Å². The molecule has 0 aliphatic heterocycles. The van der Waals surface area contributed by atoms with Gasteiger partial charge in [-0.2, -0.15) is 13.2 Å². The molecule has 3 nitrogen and oxygen atoms in total. The first-order valence-corrected chi connectivity index (χ1v) is 6.65. The van der Waals surface area contributed by atoms with Crippen LogP contribution in [0.5, 0.6) is 0 Å². The number of amides is 2. The summed E-state index contributed by atoms with van der Waals surface area (Å²) in [7, 11) is 0. The van der Waals surface area contributed by atoms with E-state index in [1.165, 1.54) is 18.2 Å². The van der Waals surface area contributed by atoms with Gasteiger partial charge < -0.3 is 10.6 Å². The first-order valence-electron chi connectivity index (χ1n) is 6.28. The van der Waals surface area contributed by atoms with Crippen molar-refractivity contribution in [1.82, 2.24) is 0 Å². The summed E-state index contributed by atoms with van der Waals surface area (Å²) in [5.41, 5.74) is -0.0327. The minimum absolute atomic E-state index is 0.307. The number of rotatable bonds is 2. The van der Waals surface area contributed by atoms with Gasteiger partial charge in [0.05, 0.1) is 11.3 Å². The highest BCUT2D eigenvalue weighted by Crippen LogP contribution is 2.34. The molecule has 0 atom stereocenters. The van der Waals surface area contributed by atoms with Crippen LogP contribution in [-0.4, -0.2) is 6.03 Å². The van der Waals surface area contributed by atoms with Gasteiger partial charge in [0.1, 0.15) is 0 Å². The number of carbonyl (C=O) groups is 1. The Hall–Kier alpha value is -2.21. The number of urea groups is 1. The van der Waals surface area contributed by atoms with Crippen LogP contribution in [0.4, 0.5) is 29.3 Å². The van der Waals surface area contributed by atoms with Crippen LogP contribution in [-0.2, 0) is 6.18 Å². The Morgan fingerprint density at radius 2 is 1.77 bits per heavy atom. The predicted octanol–water partition coefficient (Wildman–Crippen LogP) is 5.31. The second-order valence-electron chi connectivity index (χ2n) is 4.59. The van der Waals surface area contributed by atoms with Crippen molar-refractivity contribution in [2.45, 2.75) is 13.1 Å². The first kappa shape index (κ1) is 16.2. The van der Waals surface area contributed by atoms with Crippen LogP contribution in [0.3, 0.4) is 0 Å². The van der Waals surface area contributed by atoms with E-state index in [1.54, 1.807) is 25.1 Å². The summed E-state index contributed by atoms with van der Waals surface area (Å²) in [6, 6.07) is 8.78. The number of aryl methyl sites for hydroxylation is 1. The molecule has 0 unspecified atom stereocenters. The fourth-order valence-electron chi connectivity index (χ4n) is 1.85. The predicted molar refractivity (Wildman–Crippen MR) is 80.3 cm³/mol. The molecule has 2 aromatic rings. The summed E-state index contributed by atoms with van der Waals surface area (Å²) in [6.45, 7) is 1.75. The van der Waals surface area contributed by atoms with Gasteiger partial charge in [-0.15, -0.1) is 0 Å². The highest BCUT2D eigenvalue weighted by Gasteiger charge is 2.33. The monoisotopic (exact) mass is 328 g/mol. The molecule has 0 aromatic heterocycles. The number of halogens is 4. The zero-order chi connectivity index (χ0) is 16.3. The molecule has 0 aliphatic rings. The van der Waals surface area contributed by atoms with E-state index in [0.29, 0.717) is 10.7 Å². The maximum Gasteiger partial charge on any atom is 0.418 e. The van der Waals surface area contributed by atoms with Gasteiger partial charge in [0.25, 0.3) is 0 Å². The molecule has 2 rings (SSSR count). The minimum atomic E-state index is -4.54. The molecule has 2 aromatic carbocycles. The Morgan fingerprint density at radius 1 is 1.09 bits per heavy atom. The van der Waals surface area contributed by atoms with E-state index < -0.39 is 17.8 Å². The zero-order valence-corrected chi connectivity index (χ0v) is 12.2. The average molecular weight is 329 g/mol. The molecule has 116 valence electrons. The topological polar surface area (TPSA) is 41.1 Å². The van der Waals surface area contributed by atoms with Crippen LogP contribution in [0.1, 0.15) is 11.1 Å². The van der Waals surface area contributed by atoms with Crippen molar-refractivity contribution in [2.75, 3.05) is 10.6 Å². The Bertz CT molecular complexity index is 701. The summed E-state index contributed by atoms with van der Waals surface area (Å²) in [6.07, 6.45) is -4.54. The molecule has 2 amide bonds. The van der Waals surface area contributed by atoms with Gasteiger partial charge in [0.15, 0.2) is 0 Å². The number of hydrogen-bond donors (Lipinski definition) is 2. The van der Waals surface area contributed by atoms with Crippen LogP contribution in [0.15, 0.2) is 42.5 Å². The maximum absolute atomic E-state index is 12.8. The highest BCUT2D eigenvalue weighted by molar-refractivity contribution is 6.31.